The molecule has 7 heteroatoms. The molecule has 0 saturated heterocycles. The zero-order chi connectivity index (χ0) is 17.0. The van der Waals surface area contributed by atoms with E-state index in [9.17, 15) is 18.3 Å². The molecule has 0 amide bonds. The van der Waals surface area contributed by atoms with Gasteiger partial charge in [0, 0.05) is 17.1 Å². The van der Waals surface area contributed by atoms with Gasteiger partial charge < -0.3 is 5.11 Å². The summed E-state index contributed by atoms with van der Waals surface area (Å²) in [5.74, 6) is -0.139. The van der Waals surface area contributed by atoms with Gasteiger partial charge >= 0.3 is 0 Å². The molecular weight excluding hydrogens is 338 g/mol. The topological polar surface area (TPSA) is 83.5 Å². The SMILES string of the molecule is CC(=O)c1ccc(S(=O)(=O)NCC(O)c2ccc(Cl)cc2)cc1. The highest BCUT2D eigenvalue weighted by atomic mass is 35.5. The van der Waals surface area contributed by atoms with Crippen molar-refractivity contribution >= 4 is 27.4 Å². The zero-order valence-corrected chi connectivity index (χ0v) is 13.9. The normalized spacial score (nSPS) is 12.8. The molecule has 0 radical (unpaired) electrons. The monoisotopic (exact) mass is 353 g/mol. The Morgan fingerprint density at radius 1 is 1.13 bits per heavy atom. The van der Waals surface area contributed by atoms with E-state index >= 15 is 0 Å². The fourth-order valence-corrected chi connectivity index (χ4v) is 3.11. The molecule has 1 unspecified atom stereocenters. The molecule has 0 aromatic heterocycles. The first-order valence-corrected chi connectivity index (χ1v) is 8.70. The van der Waals surface area contributed by atoms with Gasteiger partial charge in [0.15, 0.2) is 5.78 Å². The first-order chi connectivity index (χ1) is 10.8. The molecule has 23 heavy (non-hydrogen) atoms. The number of hydrogen-bond acceptors (Lipinski definition) is 4. The Labute approximate surface area is 140 Å². The fraction of sp³-hybridized carbons (Fsp3) is 0.188. The fourth-order valence-electron chi connectivity index (χ4n) is 1.94. The van der Waals surface area contributed by atoms with Crippen molar-refractivity contribution < 1.29 is 18.3 Å². The average molecular weight is 354 g/mol. The van der Waals surface area contributed by atoms with E-state index in [4.69, 9.17) is 11.6 Å². The predicted molar refractivity (Wildman–Crippen MR) is 88.0 cm³/mol. The largest absolute Gasteiger partial charge is 0.387 e. The van der Waals surface area contributed by atoms with Crippen molar-refractivity contribution in [3.63, 3.8) is 0 Å². The quantitative estimate of drug-likeness (QED) is 0.782. The number of sulfonamides is 1. The van der Waals surface area contributed by atoms with Crippen molar-refractivity contribution in [3.8, 4) is 0 Å². The van der Waals surface area contributed by atoms with Crippen LogP contribution in [-0.2, 0) is 10.0 Å². The molecule has 2 aromatic carbocycles. The molecule has 0 aliphatic heterocycles. The van der Waals surface area contributed by atoms with E-state index in [1.54, 1.807) is 24.3 Å². The number of Topliss-reactive ketones (excluding diaryl/α,β-unsaturated/α-hetero) is 1. The zero-order valence-electron chi connectivity index (χ0n) is 12.4. The molecule has 0 aliphatic rings. The van der Waals surface area contributed by atoms with Crippen LogP contribution in [0.15, 0.2) is 53.4 Å². The van der Waals surface area contributed by atoms with Crippen molar-refractivity contribution in [2.24, 2.45) is 0 Å². The second-order valence-corrected chi connectivity index (χ2v) is 7.20. The highest BCUT2D eigenvalue weighted by Crippen LogP contribution is 2.17. The number of nitrogens with one attached hydrogen (secondary N) is 1. The van der Waals surface area contributed by atoms with Crippen LogP contribution in [0.5, 0.6) is 0 Å². The van der Waals surface area contributed by atoms with E-state index in [1.165, 1.54) is 31.2 Å². The Bertz CT molecular complexity index is 786. The molecule has 0 heterocycles. The van der Waals surface area contributed by atoms with Crippen molar-refractivity contribution in [3.05, 3.63) is 64.7 Å². The maximum Gasteiger partial charge on any atom is 0.240 e. The van der Waals surface area contributed by atoms with Gasteiger partial charge in [-0.25, -0.2) is 13.1 Å². The van der Waals surface area contributed by atoms with Crippen LogP contribution in [-0.4, -0.2) is 25.9 Å². The number of carbonyl (C=O) groups excluding carboxylic acids is 1. The van der Waals surface area contributed by atoms with Gasteiger partial charge in [-0.15, -0.1) is 0 Å². The van der Waals surface area contributed by atoms with Gasteiger partial charge in [0.05, 0.1) is 11.0 Å². The standard InChI is InChI=1S/C16H16ClNO4S/c1-11(19)12-4-8-15(9-5-12)23(21,22)18-10-16(20)13-2-6-14(17)7-3-13/h2-9,16,18,20H,10H2,1H3. The van der Waals surface area contributed by atoms with Crippen LogP contribution in [0.2, 0.25) is 5.02 Å². The summed E-state index contributed by atoms with van der Waals surface area (Å²) in [5.41, 5.74) is 0.995. The number of ketones is 1. The lowest BCUT2D eigenvalue weighted by molar-refractivity contribution is 0.101. The average Bonchev–Trinajstić information content (AvgIpc) is 2.53. The molecule has 0 bridgehead atoms. The summed E-state index contributed by atoms with van der Waals surface area (Å²) in [6, 6.07) is 12.1. The van der Waals surface area contributed by atoms with Crippen molar-refractivity contribution in [2.75, 3.05) is 6.54 Å². The Kier molecular flexibility index (Phi) is 5.54. The van der Waals surface area contributed by atoms with Gasteiger partial charge in [-0.1, -0.05) is 35.9 Å². The molecule has 5 nitrogen and oxygen atoms in total. The summed E-state index contributed by atoms with van der Waals surface area (Å²) in [4.78, 5) is 11.2. The van der Waals surface area contributed by atoms with Gasteiger partial charge in [-0.05, 0) is 36.8 Å². The molecule has 2 aromatic rings. The number of aliphatic hydroxyl groups is 1. The minimum absolute atomic E-state index is 0.0332. The number of halogens is 1. The van der Waals surface area contributed by atoms with Crippen LogP contribution in [0.3, 0.4) is 0 Å². The number of hydrogen-bond donors (Lipinski definition) is 2. The highest BCUT2D eigenvalue weighted by Gasteiger charge is 2.17. The highest BCUT2D eigenvalue weighted by molar-refractivity contribution is 7.89. The van der Waals surface area contributed by atoms with Gasteiger partial charge in [-0.3, -0.25) is 4.79 Å². The molecule has 1 atom stereocenters. The second kappa shape index (κ2) is 7.23. The van der Waals surface area contributed by atoms with Crippen LogP contribution in [0.1, 0.15) is 28.9 Å². The lowest BCUT2D eigenvalue weighted by Gasteiger charge is -2.13. The lowest BCUT2D eigenvalue weighted by atomic mass is 10.1. The van der Waals surface area contributed by atoms with Crippen molar-refractivity contribution in [2.45, 2.75) is 17.9 Å². The minimum Gasteiger partial charge on any atom is -0.387 e. The van der Waals surface area contributed by atoms with Crippen molar-refractivity contribution in [1.82, 2.24) is 4.72 Å². The molecule has 0 fully saturated rings. The molecule has 2 rings (SSSR count). The third-order valence-electron chi connectivity index (χ3n) is 3.29. The number of rotatable bonds is 6. The maximum absolute atomic E-state index is 12.2. The Morgan fingerprint density at radius 3 is 2.22 bits per heavy atom. The Morgan fingerprint density at radius 2 is 1.70 bits per heavy atom. The summed E-state index contributed by atoms with van der Waals surface area (Å²) >= 11 is 5.76. The molecule has 122 valence electrons. The molecule has 0 aliphatic carbocycles. The van der Waals surface area contributed by atoms with E-state index in [0.717, 1.165) is 0 Å². The molecule has 2 N–H and O–H groups in total. The Balaban J connectivity index is 2.06. The summed E-state index contributed by atoms with van der Waals surface area (Å²) in [7, 11) is -3.76. The number of benzene rings is 2. The van der Waals surface area contributed by atoms with E-state index in [0.29, 0.717) is 16.1 Å². The van der Waals surface area contributed by atoms with Crippen LogP contribution < -0.4 is 4.72 Å². The molecule has 0 saturated carbocycles. The summed E-state index contributed by atoms with van der Waals surface area (Å²) < 4.78 is 26.7. The smallest absolute Gasteiger partial charge is 0.240 e. The summed E-state index contributed by atoms with van der Waals surface area (Å²) in [6.45, 7) is 1.24. The second-order valence-electron chi connectivity index (χ2n) is 5.00. The summed E-state index contributed by atoms with van der Waals surface area (Å²) in [5, 5.41) is 10.6. The molecule has 0 spiro atoms. The third-order valence-corrected chi connectivity index (χ3v) is 4.98. The van der Waals surface area contributed by atoms with Crippen LogP contribution in [0, 0.1) is 0 Å². The van der Waals surface area contributed by atoms with Crippen LogP contribution in [0.4, 0.5) is 0 Å². The third kappa shape index (κ3) is 4.62. The van der Waals surface area contributed by atoms with E-state index in [1.807, 2.05) is 0 Å². The first-order valence-electron chi connectivity index (χ1n) is 6.84. The van der Waals surface area contributed by atoms with Crippen LogP contribution >= 0.6 is 11.6 Å². The van der Waals surface area contributed by atoms with E-state index < -0.39 is 16.1 Å². The van der Waals surface area contributed by atoms with E-state index in [2.05, 4.69) is 4.72 Å². The van der Waals surface area contributed by atoms with Gasteiger partial charge in [0.2, 0.25) is 10.0 Å². The maximum atomic E-state index is 12.2. The van der Waals surface area contributed by atoms with Crippen molar-refractivity contribution in [1.29, 1.82) is 0 Å². The first kappa shape index (κ1) is 17.6. The van der Waals surface area contributed by atoms with Gasteiger partial charge in [0.25, 0.3) is 0 Å². The number of carbonyl (C=O) groups is 1. The lowest BCUT2D eigenvalue weighted by Crippen LogP contribution is -2.28. The van der Waals surface area contributed by atoms with Gasteiger partial charge in [0.1, 0.15) is 0 Å². The van der Waals surface area contributed by atoms with Gasteiger partial charge in [-0.2, -0.15) is 0 Å². The summed E-state index contributed by atoms with van der Waals surface area (Å²) in [6.07, 6.45) is -0.987. The number of aliphatic hydroxyl groups excluding tert-OH is 1. The Hall–Kier alpha value is -1.73. The van der Waals surface area contributed by atoms with E-state index in [-0.39, 0.29) is 17.2 Å². The minimum atomic E-state index is -3.76. The predicted octanol–water partition coefficient (Wildman–Crippen LogP) is 2.55. The molecular formula is C16H16ClNO4S. The van der Waals surface area contributed by atoms with Crippen LogP contribution in [0.25, 0.3) is 0 Å².